The van der Waals surface area contributed by atoms with Gasteiger partial charge < -0.3 is 5.11 Å². The summed E-state index contributed by atoms with van der Waals surface area (Å²) in [5.74, 6) is -0.0632. The predicted octanol–water partition coefficient (Wildman–Crippen LogP) is 2.94. The average molecular weight is 306 g/mol. The van der Waals surface area contributed by atoms with Gasteiger partial charge in [-0.15, -0.1) is 11.3 Å². The molecule has 1 fully saturated rings. The molecule has 112 valence electrons. The lowest BCUT2D eigenvalue weighted by Crippen LogP contribution is -2.42. The number of likely N-dealkylation sites (tertiary alicyclic amines) is 1. The number of piperidine rings is 1. The summed E-state index contributed by atoms with van der Waals surface area (Å²) in [6.07, 6.45) is 3.38. The van der Waals surface area contributed by atoms with E-state index in [1.807, 2.05) is 0 Å². The van der Waals surface area contributed by atoms with Crippen LogP contribution in [0.2, 0.25) is 0 Å². The molecule has 1 aliphatic heterocycles. The molecule has 1 aliphatic rings. The van der Waals surface area contributed by atoms with Gasteiger partial charge in [-0.2, -0.15) is 0 Å². The molecule has 0 aliphatic carbocycles. The van der Waals surface area contributed by atoms with Crippen LogP contribution in [0.5, 0.6) is 0 Å². The third-order valence-electron chi connectivity index (χ3n) is 4.15. The molecule has 2 aromatic rings. The SMILES string of the molecule is Cc1ccsc1[C@H]1CCN(Cc2ccncc2F)C[C@@H]1O. The minimum absolute atomic E-state index is 0.212. The number of halogens is 1. The largest absolute Gasteiger partial charge is 0.391 e. The summed E-state index contributed by atoms with van der Waals surface area (Å²) >= 11 is 1.72. The van der Waals surface area contributed by atoms with Crippen LogP contribution in [0.15, 0.2) is 29.9 Å². The Morgan fingerprint density at radius 3 is 3.00 bits per heavy atom. The molecule has 2 aromatic heterocycles. The first-order valence-corrected chi connectivity index (χ1v) is 8.06. The number of β-amino-alcohol motifs (C(OH)–C–C–N with tert-alkyl or cyclic N) is 1. The van der Waals surface area contributed by atoms with Crippen molar-refractivity contribution in [3.8, 4) is 0 Å². The Morgan fingerprint density at radius 1 is 1.48 bits per heavy atom. The Balaban J connectivity index is 1.66. The Labute approximate surface area is 128 Å². The Kier molecular flexibility index (Phi) is 4.33. The van der Waals surface area contributed by atoms with Crippen molar-refractivity contribution in [1.82, 2.24) is 9.88 Å². The van der Waals surface area contributed by atoms with Gasteiger partial charge in [0.15, 0.2) is 0 Å². The van der Waals surface area contributed by atoms with E-state index < -0.39 is 0 Å². The number of rotatable bonds is 3. The molecule has 3 heterocycles. The van der Waals surface area contributed by atoms with Gasteiger partial charge in [-0.3, -0.25) is 9.88 Å². The fraction of sp³-hybridized carbons (Fsp3) is 0.438. The first kappa shape index (κ1) is 14.6. The van der Waals surface area contributed by atoms with Crippen LogP contribution in [-0.4, -0.2) is 34.2 Å². The van der Waals surface area contributed by atoms with Crippen molar-refractivity contribution >= 4 is 11.3 Å². The number of aliphatic hydroxyl groups is 1. The van der Waals surface area contributed by atoms with Crippen LogP contribution >= 0.6 is 11.3 Å². The summed E-state index contributed by atoms with van der Waals surface area (Å²) in [5.41, 5.74) is 1.90. The molecule has 1 N–H and O–H groups in total. The second kappa shape index (κ2) is 6.22. The molecule has 21 heavy (non-hydrogen) atoms. The van der Waals surface area contributed by atoms with Crippen molar-refractivity contribution in [2.45, 2.75) is 31.9 Å². The number of hydrogen-bond acceptors (Lipinski definition) is 4. The van der Waals surface area contributed by atoms with Gasteiger partial charge in [0.2, 0.25) is 0 Å². The van der Waals surface area contributed by atoms with E-state index >= 15 is 0 Å². The zero-order chi connectivity index (χ0) is 14.8. The van der Waals surface area contributed by atoms with Crippen LogP contribution in [0, 0.1) is 12.7 Å². The lowest BCUT2D eigenvalue weighted by Gasteiger charge is -2.36. The van der Waals surface area contributed by atoms with Crippen molar-refractivity contribution in [2.75, 3.05) is 13.1 Å². The normalized spacial score (nSPS) is 23.4. The smallest absolute Gasteiger partial charge is 0.145 e. The van der Waals surface area contributed by atoms with Crippen LogP contribution in [0.1, 0.15) is 28.3 Å². The van der Waals surface area contributed by atoms with E-state index in [9.17, 15) is 9.50 Å². The van der Waals surface area contributed by atoms with Crippen LogP contribution in [-0.2, 0) is 6.54 Å². The Bertz CT molecular complexity index is 616. The third-order valence-corrected chi connectivity index (χ3v) is 5.31. The summed E-state index contributed by atoms with van der Waals surface area (Å²) in [5, 5.41) is 12.5. The molecular formula is C16H19FN2OS. The fourth-order valence-electron chi connectivity index (χ4n) is 2.98. The van der Waals surface area contributed by atoms with E-state index in [4.69, 9.17) is 0 Å². The molecule has 2 atom stereocenters. The van der Waals surface area contributed by atoms with Crippen molar-refractivity contribution in [2.24, 2.45) is 0 Å². The lowest BCUT2D eigenvalue weighted by atomic mass is 9.90. The van der Waals surface area contributed by atoms with Gasteiger partial charge >= 0.3 is 0 Å². The highest BCUT2D eigenvalue weighted by atomic mass is 32.1. The Hall–Kier alpha value is -1.30. The fourth-order valence-corrected chi connectivity index (χ4v) is 4.11. The van der Waals surface area contributed by atoms with Crippen LogP contribution in [0.25, 0.3) is 0 Å². The molecule has 1 saturated heterocycles. The second-order valence-corrected chi connectivity index (χ2v) is 6.58. The molecule has 0 aromatic carbocycles. The van der Waals surface area contributed by atoms with Gasteiger partial charge in [-0.25, -0.2) is 4.39 Å². The van der Waals surface area contributed by atoms with E-state index in [2.05, 4.69) is 28.3 Å². The van der Waals surface area contributed by atoms with Crippen molar-refractivity contribution in [3.05, 3.63) is 51.7 Å². The van der Waals surface area contributed by atoms with Crippen molar-refractivity contribution in [3.63, 3.8) is 0 Å². The van der Waals surface area contributed by atoms with Gasteiger partial charge in [0.05, 0.1) is 12.3 Å². The first-order chi connectivity index (χ1) is 10.1. The molecule has 0 amide bonds. The van der Waals surface area contributed by atoms with Gasteiger partial charge in [-0.1, -0.05) is 0 Å². The zero-order valence-electron chi connectivity index (χ0n) is 12.0. The molecule has 0 unspecified atom stereocenters. The molecule has 0 bridgehead atoms. The number of aryl methyl sites for hydroxylation is 1. The van der Waals surface area contributed by atoms with E-state index in [1.165, 1.54) is 16.6 Å². The summed E-state index contributed by atoms with van der Waals surface area (Å²) < 4.78 is 13.6. The molecular weight excluding hydrogens is 287 g/mol. The number of hydrogen-bond donors (Lipinski definition) is 1. The second-order valence-electron chi connectivity index (χ2n) is 5.63. The number of thiophene rings is 1. The van der Waals surface area contributed by atoms with E-state index in [-0.39, 0.29) is 17.8 Å². The minimum Gasteiger partial charge on any atom is -0.391 e. The monoisotopic (exact) mass is 306 g/mol. The van der Waals surface area contributed by atoms with Gasteiger partial charge in [0.25, 0.3) is 0 Å². The molecule has 3 nitrogen and oxygen atoms in total. The first-order valence-electron chi connectivity index (χ1n) is 7.18. The maximum absolute atomic E-state index is 13.6. The minimum atomic E-state index is -0.388. The van der Waals surface area contributed by atoms with Gasteiger partial charge in [0.1, 0.15) is 5.82 Å². The summed E-state index contributed by atoms with van der Waals surface area (Å²) in [6.45, 7) is 4.09. The van der Waals surface area contributed by atoms with Crippen molar-refractivity contribution < 1.29 is 9.50 Å². The lowest BCUT2D eigenvalue weighted by molar-refractivity contribution is 0.0480. The average Bonchev–Trinajstić information content (AvgIpc) is 2.88. The maximum atomic E-state index is 13.6. The predicted molar refractivity (Wildman–Crippen MR) is 81.9 cm³/mol. The standard InChI is InChI=1S/C16H19FN2OS/c1-11-4-7-21-16(11)13-3-6-19(10-15(13)20)9-12-2-5-18-8-14(12)17/h2,4-5,7-8,13,15,20H,3,6,9-10H2,1H3/t13-,15-/m0/s1. The Morgan fingerprint density at radius 2 is 2.33 bits per heavy atom. The molecule has 5 heteroatoms. The third kappa shape index (κ3) is 3.15. The highest BCUT2D eigenvalue weighted by Crippen LogP contribution is 2.34. The van der Waals surface area contributed by atoms with Crippen LogP contribution < -0.4 is 0 Å². The van der Waals surface area contributed by atoms with Crippen LogP contribution in [0.4, 0.5) is 4.39 Å². The molecule has 3 rings (SSSR count). The number of pyridine rings is 1. The molecule has 0 radical (unpaired) electrons. The molecule has 0 spiro atoms. The summed E-state index contributed by atoms with van der Waals surface area (Å²) in [4.78, 5) is 7.17. The van der Waals surface area contributed by atoms with Gasteiger partial charge in [0, 0.05) is 35.6 Å². The van der Waals surface area contributed by atoms with Gasteiger partial charge in [-0.05, 0) is 43.0 Å². The summed E-state index contributed by atoms with van der Waals surface area (Å²) in [7, 11) is 0. The summed E-state index contributed by atoms with van der Waals surface area (Å²) in [6, 6.07) is 3.81. The van der Waals surface area contributed by atoms with Crippen molar-refractivity contribution in [1.29, 1.82) is 0 Å². The highest BCUT2D eigenvalue weighted by molar-refractivity contribution is 7.10. The van der Waals surface area contributed by atoms with E-state index in [1.54, 1.807) is 23.6 Å². The van der Waals surface area contributed by atoms with Crippen LogP contribution in [0.3, 0.4) is 0 Å². The zero-order valence-corrected chi connectivity index (χ0v) is 12.8. The number of aromatic nitrogens is 1. The quantitative estimate of drug-likeness (QED) is 0.947. The number of aliphatic hydroxyl groups excluding tert-OH is 1. The van der Waals surface area contributed by atoms with E-state index in [0.29, 0.717) is 18.7 Å². The topological polar surface area (TPSA) is 36.4 Å². The highest BCUT2D eigenvalue weighted by Gasteiger charge is 2.30. The maximum Gasteiger partial charge on any atom is 0.145 e. The molecule has 0 saturated carbocycles. The van der Waals surface area contributed by atoms with E-state index in [0.717, 1.165) is 13.0 Å². The number of nitrogens with zero attached hydrogens (tertiary/aromatic N) is 2.